The van der Waals surface area contributed by atoms with Gasteiger partial charge in [-0.05, 0) is 55.2 Å². The van der Waals surface area contributed by atoms with Crippen molar-refractivity contribution >= 4 is 11.9 Å². The van der Waals surface area contributed by atoms with Crippen LogP contribution in [-0.4, -0.2) is 17.6 Å². The fourth-order valence-electron chi connectivity index (χ4n) is 4.37. The SMILES string of the molecule is CC(C)CC1CC=C(c2onc3c2CCc2cc(C=O)ccc2-3)C=C1C(F)(F)F. The Balaban J connectivity index is 1.72. The molecule has 0 bridgehead atoms. The highest BCUT2D eigenvalue weighted by Gasteiger charge is 2.40. The Bertz CT molecular complexity index is 1010. The fraction of sp³-hybridized carbons (Fsp3) is 0.391. The highest BCUT2D eigenvalue weighted by molar-refractivity contribution is 5.83. The lowest BCUT2D eigenvalue weighted by molar-refractivity contribution is -0.0998. The van der Waals surface area contributed by atoms with Crippen LogP contribution in [0.4, 0.5) is 13.2 Å². The molecule has 2 aromatic rings. The summed E-state index contributed by atoms with van der Waals surface area (Å²) in [4.78, 5) is 11.0. The van der Waals surface area contributed by atoms with Crippen LogP contribution in [0.2, 0.25) is 0 Å². The summed E-state index contributed by atoms with van der Waals surface area (Å²) in [6.45, 7) is 3.88. The summed E-state index contributed by atoms with van der Waals surface area (Å²) in [7, 11) is 0. The highest BCUT2D eigenvalue weighted by atomic mass is 19.4. The van der Waals surface area contributed by atoms with Gasteiger partial charge in [-0.25, -0.2) is 0 Å². The number of allylic oxidation sites excluding steroid dienone is 4. The van der Waals surface area contributed by atoms with E-state index in [2.05, 4.69) is 5.16 Å². The molecule has 1 aromatic heterocycles. The number of alkyl halides is 3. The second kappa shape index (κ2) is 7.32. The van der Waals surface area contributed by atoms with Crippen molar-refractivity contribution in [3.63, 3.8) is 0 Å². The minimum absolute atomic E-state index is 0.187. The van der Waals surface area contributed by atoms with Crippen LogP contribution in [-0.2, 0) is 12.8 Å². The third-order valence-corrected chi connectivity index (χ3v) is 5.67. The molecule has 1 atom stereocenters. The highest BCUT2D eigenvalue weighted by Crippen LogP contribution is 2.44. The van der Waals surface area contributed by atoms with Crippen LogP contribution in [0.15, 0.2) is 40.4 Å². The summed E-state index contributed by atoms with van der Waals surface area (Å²) >= 11 is 0. The first-order chi connectivity index (χ1) is 13.8. The number of benzene rings is 1. The molecule has 0 radical (unpaired) electrons. The molecular weight excluding hydrogens is 379 g/mol. The summed E-state index contributed by atoms with van der Waals surface area (Å²) in [5.41, 5.74) is 3.94. The number of halogens is 3. The third-order valence-electron chi connectivity index (χ3n) is 5.67. The first kappa shape index (κ1) is 19.7. The molecule has 0 spiro atoms. The topological polar surface area (TPSA) is 43.1 Å². The largest absolute Gasteiger partial charge is 0.412 e. The standard InChI is InChI=1S/C23H22F3NO2/c1-13(2)9-16-4-5-17(11-20(16)23(24,25)26)22-19-8-6-15-10-14(12-28)3-7-18(15)21(19)27-29-22/h3,5,7,10-13,16H,4,6,8-9H2,1-2H3. The van der Waals surface area contributed by atoms with Gasteiger partial charge in [-0.3, -0.25) is 4.79 Å². The molecule has 2 aliphatic carbocycles. The molecule has 152 valence electrons. The first-order valence-electron chi connectivity index (χ1n) is 9.84. The van der Waals surface area contributed by atoms with E-state index < -0.39 is 17.7 Å². The zero-order valence-electron chi connectivity index (χ0n) is 16.3. The van der Waals surface area contributed by atoms with Gasteiger partial charge in [0.25, 0.3) is 0 Å². The molecule has 0 fully saturated rings. The van der Waals surface area contributed by atoms with Gasteiger partial charge in [0.15, 0.2) is 5.76 Å². The average Bonchev–Trinajstić information content (AvgIpc) is 3.11. The van der Waals surface area contributed by atoms with Gasteiger partial charge in [0.2, 0.25) is 0 Å². The van der Waals surface area contributed by atoms with E-state index in [1.54, 1.807) is 6.07 Å². The van der Waals surface area contributed by atoms with Crippen molar-refractivity contribution in [3.8, 4) is 11.3 Å². The maximum absolute atomic E-state index is 13.7. The normalized spacial score (nSPS) is 18.8. The smallest absolute Gasteiger partial charge is 0.355 e. The van der Waals surface area contributed by atoms with Crippen LogP contribution >= 0.6 is 0 Å². The third kappa shape index (κ3) is 3.68. The van der Waals surface area contributed by atoms with Crippen LogP contribution in [0, 0.1) is 11.8 Å². The lowest BCUT2D eigenvalue weighted by atomic mass is 9.80. The molecule has 1 unspecified atom stereocenters. The average molecular weight is 401 g/mol. The quantitative estimate of drug-likeness (QED) is 0.574. The van der Waals surface area contributed by atoms with E-state index in [9.17, 15) is 18.0 Å². The Kier molecular flexibility index (Phi) is 4.97. The maximum Gasteiger partial charge on any atom is 0.412 e. The number of hydrogen-bond donors (Lipinski definition) is 0. The van der Waals surface area contributed by atoms with Crippen molar-refractivity contribution in [2.45, 2.75) is 45.7 Å². The van der Waals surface area contributed by atoms with E-state index in [-0.39, 0.29) is 5.92 Å². The van der Waals surface area contributed by atoms with E-state index in [1.807, 2.05) is 32.1 Å². The molecule has 0 saturated heterocycles. The van der Waals surface area contributed by atoms with E-state index >= 15 is 0 Å². The second-order valence-corrected chi connectivity index (χ2v) is 8.19. The van der Waals surface area contributed by atoms with Crippen molar-refractivity contribution in [3.05, 3.63) is 58.4 Å². The van der Waals surface area contributed by atoms with Crippen LogP contribution in [0.3, 0.4) is 0 Å². The van der Waals surface area contributed by atoms with Gasteiger partial charge in [0.05, 0.1) is 0 Å². The molecule has 4 rings (SSSR count). The van der Waals surface area contributed by atoms with Crippen LogP contribution in [0.25, 0.3) is 16.8 Å². The molecule has 6 heteroatoms. The van der Waals surface area contributed by atoms with Gasteiger partial charge in [0, 0.05) is 27.8 Å². The molecule has 0 N–H and O–H groups in total. The van der Waals surface area contributed by atoms with Gasteiger partial charge < -0.3 is 4.52 Å². The Morgan fingerprint density at radius 2 is 2.07 bits per heavy atom. The molecule has 0 amide bonds. The predicted molar refractivity (Wildman–Crippen MR) is 104 cm³/mol. The van der Waals surface area contributed by atoms with E-state index in [4.69, 9.17) is 4.52 Å². The molecule has 0 aliphatic heterocycles. The molecule has 29 heavy (non-hydrogen) atoms. The van der Waals surface area contributed by atoms with Gasteiger partial charge in [0.1, 0.15) is 12.0 Å². The van der Waals surface area contributed by atoms with Crippen LogP contribution in [0.1, 0.15) is 53.9 Å². The minimum atomic E-state index is -4.36. The zero-order chi connectivity index (χ0) is 20.8. The number of carbonyl (C=O) groups is 1. The van der Waals surface area contributed by atoms with E-state index in [1.165, 1.54) is 6.08 Å². The van der Waals surface area contributed by atoms with Crippen LogP contribution in [0.5, 0.6) is 0 Å². The van der Waals surface area contributed by atoms with E-state index in [0.29, 0.717) is 48.3 Å². The molecule has 2 aliphatic rings. The predicted octanol–water partition coefficient (Wildman–Crippen LogP) is 6.19. The Labute approximate surface area is 167 Å². The Hall–Kier alpha value is -2.63. The van der Waals surface area contributed by atoms with Gasteiger partial charge >= 0.3 is 6.18 Å². The molecule has 1 aromatic carbocycles. The monoisotopic (exact) mass is 401 g/mol. The van der Waals surface area contributed by atoms with Gasteiger partial charge in [-0.2, -0.15) is 13.2 Å². The van der Waals surface area contributed by atoms with Crippen molar-refractivity contribution < 1.29 is 22.5 Å². The number of nitrogens with zero attached hydrogens (tertiary/aromatic N) is 1. The van der Waals surface area contributed by atoms with Crippen molar-refractivity contribution in [2.24, 2.45) is 11.8 Å². The molecular formula is C23H22F3NO2. The minimum Gasteiger partial charge on any atom is -0.355 e. The van der Waals surface area contributed by atoms with Crippen molar-refractivity contribution in [1.82, 2.24) is 5.16 Å². The number of rotatable bonds is 4. The lowest BCUT2D eigenvalue weighted by Gasteiger charge is -2.26. The Morgan fingerprint density at radius 1 is 1.28 bits per heavy atom. The Morgan fingerprint density at radius 3 is 2.76 bits per heavy atom. The van der Waals surface area contributed by atoms with Crippen LogP contribution < -0.4 is 0 Å². The number of aromatic nitrogens is 1. The molecule has 1 heterocycles. The van der Waals surface area contributed by atoms with Crippen molar-refractivity contribution in [1.29, 1.82) is 0 Å². The van der Waals surface area contributed by atoms with Gasteiger partial charge in [-0.1, -0.05) is 37.2 Å². The number of aldehydes is 1. The number of carbonyl (C=O) groups excluding carboxylic acids is 1. The zero-order valence-corrected chi connectivity index (χ0v) is 16.3. The molecule has 0 saturated carbocycles. The van der Waals surface area contributed by atoms with Gasteiger partial charge in [-0.15, -0.1) is 0 Å². The number of aryl methyl sites for hydroxylation is 1. The van der Waals surface area contributed by atoms with E-state index in [0.717, 1.165) is 23.0 Å². The maximum atomic E-state index is 13.7. The fourth-order valence-corrected chi connectivity index (χ4v) is 4.37. The number of hydrogen-bond acceptors (Lipinski definition) is 3. The number of fused-ring (bicyclic) bond motifs is 3. The summed E-state index contributed by atoms with van der Waals surface area (Å²) in [5, 5.41) is 4.17. The summed E-state index contributed by atoms with van der Waals surface area (Å²) in [6.07, 6.45) is 1.66. The van der Waals surface area contributed by atoms with Crippen molar-refractivity contribution in [2.75, 3.05) is 0 Å². The summed E-state index contributed by atoms with van der Waals surface area (Å²) in [5.74, 6) is 0.0846. The summed E-state index contributed by atoms with van der Waals surface area (Å²) in [6, 6.07) is 5.37. The first-order valence-corrected chi connectivity index (χ1v) is 9.84. The lowest BCUT2D eigenvalue weighted by Crippen LogP contribution is -2.23. The second-order valence-electron chi connectivity index (χ2n) is 8.19. The summed E-state index contributed by atoms with van der Waals surface area (Å²) < 4.78 is 46.6. The molecule has 3 nitrogen and oxygen atoms in total.